The summed E-state index contributed by atoms with van der Waals surface area (Å²) in [6, 6.07) is 10.1. The van der Waals surface area contributed by atoms with Crippen LogP contribution in [0.3, 0.4) is 0 Å². The highest BCUT2D eigenvalue weighted by Crippen LogP contribution is 2.20. The summed E-state index contributed by atoms with van der Waals surface area (Å²) in [5, 5.41) is 0. The van der Waals surface area contributed by atoms with Crippen LogP contribution < -0.4 is 11.2 Å². The smallest absolute Gasteiger partial charge is 0.297 e. The highest BCUT2D eigenvalue weighted by Gasteiger charge is 2.18. The number of aromatic nitrogens is 2. The zero-order valence-corrected chi connectivity index (χ0v) is 11.9. The maximum absolute atomic E-state index is 12.0. The molecule has 0 unspecified atom stereocenters. The van der Waals surface area contributed by atoms with E-state index in [9.17, 15) is 9.59 Å². The minimum atomic E-state index is -0.281. The Morgan fingerprint density at radius 1 is 1.20 bits per heavy atom. The first kappa shape index (κ1) is 13.2. The third-order valence-electron chi connectivity index (χ3n) is 3.61. The molecule has 5 heteroatoms. The van der Waals surface area contributed by atoms with Gasteiger partial charge in [-0.05, 0) is 24.2 Å². The van der Waals surface area contributed by atoms with Crippen LogP contribution in [0.2, 0.25) is 0 Å². The molecule has 0 amide bonds. The first-order valence-electron chi connectivity index (χ1n) is 6.72. The fourth-order valence-electron chi connectivity index (χ4n) is 2.56. The lowest BCUT2D eigenvalue weighted by molar-refractivity contribution is 0.604. The van der Waals surface area contributed by atoms with E-state index in [1.54, 1.807) is 16.3 Å². The van der Waals surface area contributed by atoms with Crippen LogP contribution in [0.1, 0.15) is 16.8 Å². The van der Waals surface area contributed by atoms with E-state index in [0.717, 1.165) is 29.9 Å². The third kappa shape index (κ3) is 2.58. The van der Waals surface area contributed by atoms with Gasteiger partial charge in [-0.25, -0.2) is 4.79 Å². The molecular formula is C15H16N2O2S. The largest absolute Gasteiger partial charge is 0.328 e. The van der Waals surface area contributed by atoms with Gasteiger partial charge in [0.25, 0.3) is 5.56 Å². The van der Waals surface area contributed by atoms with E-state index in [1.807, 2.05) is 18.2 Å². The average molecular weight is 288 g/mol. The highest BCUT2D eigenvalue weighted by atomic mass is 32.2. The van der Waals surface area contributed by atoms with Gasteiger partial charge in [-0.3, -0.25) is 14.3 Å². The number of nitrogens with one attached hydrogen (secondary N) is 1. The lowest BCUT2D eigenvalue weighted by atomic mass is 10.1. The summed E-state index contributed by atoms with van der Waals surface area (Å²) in [6.45, 7) is 0.618. The zero-order chi connectivity index (χ0) is 13.9. The molecule has 0 spiro atoms. The Balaban J connectivity index is 1.93. The van der Waals surface area contributed by atoms with Crippen molar-refractivity contribution in [1.29, 1.82) is 0 Å². The Bertz CT molecular complexity index is 719. The molecule has 0 saturated carbocycles. The normalized spacial score (nSPS) is 14.0. The number of nitrogens with zero attached hydrogens (tertiary/aromatic N) is 1. The second-order valence-corrected chi connectivity index (χ2v) is 5.98. The molecule has 1 aliphatic rings. The summed E-state index contributed by atoms with van der Waals surface area (Å²) < 4.78 is 1.74. The molecule has 0 fully saturated rings. The predicted molar refractivity (Wildman–Crippen MR) is 81.3 cm³/mol. The molecular weight excluding hydrogens is 272 g/mol. The van der Waals surface area contributed by atoms with Crippen LogP contribution in [-0.2, 0) is 25.1 Å². The van der Waals surface area contributed by atoms with E-state index >= 15 is 0 Å². The highest BCUT2D eigenvalue weighted by molar-refractivity contribution is 7.98. The third-order valence-corrected chi connectivity index (χ3v) is 4.60. The van der Waals surface area contributed by atoms with Crippen molar-refractivity contribution in [1.82, 2.24) is 9.55 Å². The fraction of sp³-hybridized carbons (Fsp3) is 0.333. The van der Waals surface area contributed by atoms with Crippen molar-refractivity contribution in [3.05, 3.63) is 68.0 Å². The number of hydrogen-bond donors (Lipinski definition) is 1. The molecule has 1 N–H and O–H groups in total. The number of aromatic amines is 1. The van der Waals surface area contributed by atoms with Crippen LogP contribution in [0.15, 0.2) is 39.9 Å². The Kier molecular flexibility index (Phi) is 3.78. The Labute approximate surface area is 120 Å². The molecule has 4 nitrogen and oxygen atoms in total. The second kappa shape index (κ2) is 5.71. The molecule has 104 valence electrons. The standard InChI is InChI=1S/C15H16N2O2S/c18-14-12-10-20-9-7-13(12)17(15(19)16-14)8-6-11-4-2-1-3-5-11/h1-5H,6-10H2,(H,16,18,19). The summed E-state index contributed by atoms with van der Waals surface area (Å²) in [7, 11) is 0. The number of fused-ring (bicyclic) bond motifs is 1. The van der Waals surface area contributed by atoms with Gasteiger partial charge in [-0.1, -0.05) is 30.3 Å². The number of hydrogen-bond acceptors (Lipinski definition) is 3. The number of rotatable bonds is 3. The Morgan fingerprint density at radius 3 is 2.80 bits per heavy atom. The summed E-state index contributed by atoms with van der Waals surface area (Å²) in [6.07, 6.45) is 1.60. The van der Waals surface area contributed by atoms with E-state index in [2.05, 4.69) is 17.1 Å². The second-order valence-electron chi connectivity index (χ2n) is 4.87. The van der Waals surface area contributed by atoms with E-state index < -0.39 is 0 Å². The van der Waals surface area contributed by atoms with Crippen molar-refractivity contribution in [3.8, 4) is 0 Å². The van der Waals surface area contributed by atoms with Crippen molar-refractivity contribution < 1.29 is 0 Å². The first-order chi connectivity index (χ1) is 9.75. The maximum Gasteiger partial charge on any atom is 0.328 e. The summed E-state index contributed by atoms with van der Waals surface area (Å²) in [4.78, 5) is 26.3. The fourth-order valence-corrected chi connectivity index (χ4v) is 3.54. The number of aryl methyl sites for hydroxylation is 1. The molecule has 1 aromatic heterocycles. The number of benzene rings is 1. The molecule has 0 bridgehead atoms. The van der Waals surface area contributed by atoms with Gasteiger partial charge in [0.15, 0.2) is 0 Å². The van der Waals surface area contributed by atoms with Crippen LogP contribution in [0.25, 0.3) is 0 Å². The molecule has 0 atom stereocenters. The van der Waals surface area contributed by atoms with E-state index in [-0.39, 0.29) is 11.2 Å². The van der Waals surface area contributed by atoms with Gasteiger partial charge in [-0.2, -0.15) is 11.8 Å². The Morgan fingerprint density at radius 2 is 2.00 bits per heavy atom. The average Bonchev–Trinajstić information content (AvgIpc) is 2.48. The predicted octanol–water partition coefficient (Wildman–Crippen LogP) is 1.57. The van der Waals surface area contributed by atoms with Crippen molar-refractivity contribution in [2.24, 2.45) is 0 Å². The van der Waals surface area contributed by atoms with Gasteiger partial charge in [0, 0.05) is 23.6 Å². The maximum atomic E-state index is 12.0. The number of H-pyrrole nitrogens is 1. The Hall–Kier alpha value is -1.75. The summed E-state index contributed by atoms with van der Waals surface area (Å²) >= 11 is 1.75. The van der Waals surface area contributed by atoms with Crippen LogP contribution in [0.4, 0.5) is 0 Å². The first-order valence-corrected chi connectivity index (χ1v) is 7.88. The quantitative estimate of drug-likeness (QED) is 0.932. The molecule has 20 heavy (non-hydrogen) atoms. The number of thioether (sulfide) groups is 1. The van der Waals surface area contributed by atoms with Gasteiger partial charge in [0.05, 0.1) is 0 Å². The van der Waals surface area contributed by atoms with Crippen molar-refractivity contribution in [3.63, 3.8) is 0 Å². The molecule has 2 aromatic rings. The molecule has 0 aliphatic carbocycles. The zero-order valence-electron chi connectivity index (χ0n) is 11.1. The van der Waals surface area contributed by atoms with Crippen molar-refractivity contribution in [2.45, 2.75) is 25.1 Å². The lowest BCUT2D eigenvalue weighted by Gasteiger charge is -2.19. The van der Waals surface area contributed by atoms with Crippen LogP contribution in [0, 0.1) is 0 Å². The van der Waals surface area contributed by atoms with E-state index in [4.69, 9.17) is 0 Å². The monoisotopic (exact) mass is 288 g/mol. The molecule has 1 aliphatic heterocycles. The van der Waals surface area contributed by atoms with Gasteiger partial charge < -0.3 is 0 Å². The molecule has 3 rings (SSSR count). The minimum absolute atomic E-state index is 0.215. The minimum Gasteiger partial charge on any atom is -0.297 e. The van der Waals surface area contributed by atoms with Gasteiger partial charge in [0.2, 0.25) is 0 Å². The molecule has 0 saturated heterocycles. The van der Waals surface area contributed by atoms with Crippen LogP contribution >= 0.6 is 11.8 Å². The van der Waals surface area contributed by atoms with Gasteiger partial charge in [-0.15, -0.1) is 0 Å². The summed E-state index contributed by atoms with van der Waals surface area (Å²) in [5.74, 6) is 1.68. The van der Waals surface area contributed by atoms with E-state index in [1.165, 1.54) is 5.56 Å². The summed E-state index contributed by atoms with van der Waals surface area (Å²) in [5.41, 5.74) is 2.40. The van der Waals surface area contributed by atoms with Gasteiger partial charge in [0.1, 0.15) is 0 Å². The van der Waals surface area contributed by atoms with Gasteiger partial charge >= 0.3 is 5.69 Å². The molecule has 2 heterocycles. The van der Waals surface area contributed by atoms with E-state index in [0.29, 0.717) is 12.3 Å². The van der Waals surface area contributed by atoms with Crippen LogP contribution in [0.5, 0.6) is 0 Å². The van der Waals surface area contributed by atoms with Crippen molar-refractivity contribution in [2.75, 3.05) is 5.75 Å². The van der Waals surface area contributed by atoms with Crippen molar-refractivity contribution >= 4 is 11.8 Å². The SMILES string of the molecule is O=c1[nH]c(=O)n(CCc2ccccc2)c2c1CSCC2. The topological polar surface area (TPSA) is 54.9 Å². The molecule has 0 radical (unpaired) electrons. The lowest BCUT2D eigenvalue weighted by Crippen LogP contribution is -2.37. The van der Waals surface area contributed by atoms with Crippen LogP contribution in [-0.4, -0.2) is 15.3 Å². The molecule has 1 aromatic carbocycles.